The number of amides is 1. The lowest BCUT2D eigenvalue weighted by Crippen LogP contribution is -2.37. The Morgan fingerprint density at radius 1 is 1.12 bits per heavy atom. The molecule has 7 nitrogen and oxygen atoms in total. The van der Waals surface area contributed by atoms with Crippen molar-refractivity contribution in [3.05, 3.63) is 29.8 Å². The Kier molecular flexibility index (Phi) is 5.62. The number of sulfonamides is 1. The first-order valence-electron chi connectivity index (χ1n) is 8.99. The van der Waals surface area contributed by atoms with E-state index in [0.717, 1.165) is 32.1 Å². The zero-order valence-corrected chi connectivity index (χ0v) is 15.6. The minimum atomic E-state index is -3.53. The molecule has 2 fully saturated rings. The van der Waals surface area contributed by atoms with Crippen molar-refractivity contribution < 1.29 is 22.7 Å². The first-order chi connectivity index (χ1) is 12.4. The van der Waals surface area contributed by atoms with E-state index in [0.29, 0.717) is 13.1 Å². The number of rotatable bonds is 6. The molecular formula is C18H24N2O5S. The van der Waals surface area contributed by atoms with Crippen molar-refractivity contribution in [1.29, 1.82) is 0 Å². The molecular weight excluding hydrogens is 356 g/mol. The van der Waals surface area contributed by atoms with Crippen molar-refractivity contribution in [2.24, 2.45) is 0 Å². The number of hydrogen-bond donors (Lipinski definition) is 1. The highest BCUT2D eigenvalue weighted by Crippen LogP contribution is 2.21. The van der Waals surface area contributed by atoms with Crippen molar-refractivity contribution in [3.8, 4) is 0 Å². The molecule has 1 N–H and O–H groups in total. The first kappa shape index (κ1) is 18.8. The van der Waals surface area contributed by atoms with Crippen molar-refractivity contribution in [2.75, 3.05) is 13.1 Å². The second-order valence-corrected chi connectivity index (χ2v) is 8.76. The van der Waals surface area contributed by atoms with E-state index in [1.165, 1.54) is 35.5 Å². The van der Waals surface area contributed by atoms with Crippen LogP contribution in [0.5, 0.6) is 0 Å². The molecule has 8 heteroatoms. The zero-order chi connectivity index (χ0) is 18.7. The van der Waals surface area contributed by atoms with E-state index in [-0.39, 0.29) is 22.4 Å². The summed E-state index contributed by atoms with van der Waals surface area (Å²) in [7, 11) is -3.53. The summed E-state index contributed by atoms with van der Waals surface area (Å²) in [6.45, 7) is 2.57. The van der Waals surface area contributed by atoms with Gasteiger partial charge in [-0.05, 0) is 56.9 Å². The number of carbonyl (C=O) groups is 2. The number of nitrogens with zero attached hydrogens (tertiary/aromatic N) is 1. The molecule has 26 heavy (non-hydrogen) atoms. The fraction of sp³-hybridized carbons (Fsp3) is 0.556. The highest BCUT2D eigenvalue weighted by molar-refractivity contribution is 7.89. The molecule has 1 aromatic carbocycles. The van der Waals surface area contributed by atoms with Gasteiger partial charge < -0.3 is 10.1 Å². The summed E-state index contributed by atoms with van der Waals surface area (Å²) < 4.78 is 31.8. The van der Waals surface area contributed by atoms with Crippen LogP contribution in [0.2, 0.25) is 0 Å². The Bertz CT molecular complexity index is 765. The van der Waals surface area contributed by atoms with Crippen LogP contribution in [0.4, 0.5) is 0 Å². The van der Waals surface area contributed by atoms with Gasteiger partial charge in [-0.1, -0.05) is 6.42 Å². The Morgan fingerprint density at radius 2 is 1.73 bits per heavy atom. The second-order valence-electron chi connectivity index (χ2n) is 6.82. The average Bonchev–Trinajstić information content (AvgIpc) is 3.46. The summed E-state index contributed by atoms with van der Waals surface area (Å²) in [5, 5.41) is 2.77. The fourth-order valence-corrected chi connectivity index (χ4v) is 4.36. The molecule has 0 bridgehead atoms. The van der Waals surface area contributed by atoms with Gasteiger partial charge in [0.2, 0.25) is 10.0 Å². The predicted octanol–water partition coefficient (Wildman–Crippen LogP) is 1.69. The third kappa shape index (κ3) is 4.42. The molecule has 1 aromatic rings. The topological polar surface area (TPSA) is 92.8 Å². The molecule has 0 radical (unpaired) electrons. The van der Waals surface area contributed by atoms with Crippen LogP contribution in [0.3, 0.4) is 0 Å². The normalized spacial score (nSPS) is 19.6. The van der Waals surface area contributed by atoms with Gasteiger partial charge in [-0.3, -0.25) is 4.79 Å². The van der Waals surface area contributed by atoms with Crippen LogP contribution in [0.1, 0.15) is 49.4 Å². The van der Waals surface area contributed by atoms with Gasteiger partial charge in [0.15, 0.2) is 6.10 Å². The lowest BCUT2D eigenvalue weighted by Gasteiger charge is -2.25. The molecule has 0 spiro atoms. The molecule has 142 valence electrons. The van der Waals surface area contributed by atoms with Gasteiger partial charge in [0.25, 0.3) is 5.91 Å². The van der Waals surface area contributed by atoms with E-state index in [1.807, 2.05) is 0 Å². The minimum absolute atomic E-state index is 0.162. The summed E-state index contributed by atoms with van der Waals surface area (Å²) >= 11 is 0. The monoisotopic (exact) mass is 380 g/mol. The number of nitrogens with one attached hydrogen (secondary N) is 1. The smallest absolute Gasteiger partial charge is 0.338 e. The predicted molar refractivity (Wildman–Crippen MR) is 95.1 cm³/mol. The van der Waals surface area contributed by atoms with Gasteiger partial charge in [-0.15, -0.1) is 0 Å². The molecule has 2 aliphatic rings. The first-order valence-corrected chi connectivity index (χ1v) is 10.4. The Labute approximate surface area is 153 Å². The van der Waals surface area contributed by atoms with Crippen molar-refractivity contribution in [3.63, 3.8) is 0 Å². The van der Waals surface area contributed by atoms with Crippen LogP contribution < -0.4 is 5.32 Å². The molecule has 3 rings (SSSR count). The number of carbonyl (C=O) groups excluding carboxylic acids is 2. The Balaban J connectivity index is 1.62. The molecule has 0 unspecified atom stereocenters. The number of hydrogen-bond acceptors (Lipinski definition) is 5. The third-order valence-corrected chi connectivity index (χ3v) is 6.53. The maximum atomic E-state index is 12.6. The quantitative estimate of drug-likeness (QED) is 0.758. The van der Waals surface area contributed by atoms with Crippen molar-refractivity contribution in [2.45, 2.75) is 56.1 Å². The summed E-state index contributed by atoms with van der Waals surface area (Å²) in [6, 6.07) is 5.86. The molecule has 1 aliphatic carbocycles. The number of ether oxygens (including phenoxy) is 1. The fourth-order valence-electron chi connectivity index (χ4n) is 2.85. The molecule has 1 amide bonds. The lowest BCUT2D eigenvalue weighted by atomic mass is 10.2. The van der Waals surface area contributed by atoms with Crippen LogP contribution >= 0.6 is 0 Å². The number of benzene rings is 1. The maximum absolute atomic E-state index is 12.6. The maximum Gasteiger partial charge on any atom is 0.338 e. The minimum Gasteiger partial charge on any atom is -0.449 e. The highest BCUT2D eigenvalue weighted by Gasteiger charge is 2.28. The van der Waals surface area contributed by atoms with Crippen molar-refractivity contribution >= 4 is 21.9 Å². The van der Waals surface area contributed by atoms with Crippen LogP contribution in [0.25, 0.3) is 0 Å². The summed E-state index contributed by atoms with van der Waals surface area (Å²) in [6.07, 6.45) is 3.80. The standard InChI is InChI=1S/C18H24N2O5S/c1-13(17(21)19-15-7-8-15)25-18(22)14-5-9-16(10-6-14)26(23,24)20-11-3-2-4-12-20/h5-6,9-10,13,15H,2-4,7-8,11-12H2,1H3,(H,19,21)/t13-/m0/s1. The van der Waals surface area contributed by atoms with E-state index in [1.54, 1.807) is 0 Å². The van der Waals surface area contributed by atoms with Crippen LogP contribution in [0.15, 0.2) is 29.2 Å². The van der Waals surface area contributed by atoms with E-state index in [4.69, 9.17) is 4.74 Å². The summed E-state index contributed by atoms with van der Waals surface area (Å²) in [5.41, 5.74) is 0.216. The number of esters is 1. The van der Waals surface area contributed by atoms with Gasteiger partial charge in [0.1, 0.15) is 0 Å². The number of piperidine rings is 1. The molecule has 1 saturated carbocycles. The average molecular weight is 380 g/mol. The van der Waals surface area contributed by atoms with E-state index in [2.05, 4.69) is 5.32 Å². The van der Waals surface area contributed by atoms with Gasteiger partial charge in [0.05, 0.1) is 10.5 Å². The van der Waals surface area contributed by atoms with Gasteiger partial charge in [0, 0.05) is 19.1 Å². The van der Waals surface area contributed by atoms with Crippen molar-refractivity contribution in [1.82, 2.24) is 9.62 Å². The molecule has 0 aromatic heterocycles. The van der Waals surface area contributed by atoms with Gasteiger partial charge in [-0.2, -0.15) is 4.31 Å². The third-order valence-electron chi connectivity index (χ3n) is 4.62. The van der Waals surface area contributed by atoms with Crippen LogP contribution in [0, 0.1) is 0 Å². The summed E-state index contributed by atoms with van der Waals surface area (Å²) in [5.74, 6) is -0.962. The second kappa shape index (κ2) is 7.75. The van der Waals surface area contributed by atoms with Gasteiger partial charge in [-0.25, -0.2) is 13.2 Å². The zero-order valence-electron chi connectivity index (χ0n) is 14.8. The Hall–Kier alpha value is -1.93. The Morgan fingerprint density at radius 3 is 2.31 bits per heavy atom. The molecule has 1 heterocycles. The summed E-state index contributed by atoms with van der Waals surface area (Å²) in [4.78, 5) is 24.2. The largest absolute Gasteiger partial charge is 0.449 e. The molecule has 1 saturated heterocycles. The van der Waals surface area contributed by atoms with E-state index in [9.17, 15) is 18.0 Å². The van der Waals surface area contributed by atoms with E-state index < -0.39 is 22.1 Å². The van der Waals surface area contributed by atoms with E-state index >= 15 is 0 Å². The highest BCUT2D eigenvalue weighted by atomic mass is 32.2. The lowest BCUT2D eigenvalue weighted by molar-refractivity contribution is -0.129. The van der Waals surface area contributed by atoms with Gasteiger partial charge >= 0.3 is 5.97 Å². The van der Waals surface area contributed by atoms with Crippen LogP contribution in [-0.2, 0) is 19.6 Å². The molecule has 1 aliphatic heterocycles. The molecule has 1 atom stereocenters. The van der Waals surface area contributed by atoms with Crippen LogP contribution in [-0.4, -0.2) is 49.8 Å². The SMILES string of the molecule is C[C@H](OC(=O)c1ccc(S(=O)(=O)N2CCCCC2)cc1)C(=O)NC1CC1.